The molecule has 3 atom stereocenters. The summed E-state index contributed by atoms with van der Waals surface area (Å²) in [7, 11) is 0. The zero-order chi connectivity index (χ0) is 17.5. The van der Waals surface area contributed by atoms with Crippen LogP contribution in [0.3, 0.4) is 0 Å². The van der Waals surface area contributed by atoms with Crippen LogP contribution in [0.2, 0.25) is 0 Å². The first-order chi connectivity index (χ1) is 12.2. The van der Waals surface area contributed by atoms with Crippen LogP contribution in [0.1, 0.15) is 81.8 Å². The van der Waals surface area contributed by atoms with Gasteiger partial charge in [0, 0.05) is 5.92 Å². The van der Waals surface area contributed by atoms with Crippen LogP contribution in [0.15, 0.2) is 24.3 Å². The van der Waals surface area contributed by atoms with E-state index in [1.165, 1.54) is 81.8 Å². The third kappa shape index (κ3) is 5.59. The molecule has 1 aromatic carbocycles. The van der Waals surface area contributed by atoms with Crippen LogP contribution in [-0.2, 0) is 17.6 Å². The molecular weight excluding hydrogens is 306 g/mol. The Labute approximate surface area is 153 Å². The van der Waals surface area contributed by atoms with Gasteiger partial charge in [0.15, 0.2) is 0 Å². The van der Waals surface area contributed by atoms with Gasteiger partial charge in [-0.25, -0.2) is 0 Å². The molecule has 0 aliphatic heterocycles. The molecule has 0 spiro atoms. The molecule has 1 saturated carbocycles. The highest BCUT2D eigenvalue weighted by molar-refractivity contribution is 5.77. The minimum absolute atomic E-state index is 0.0519. The molecule has 3 unspecified atom stereocenters. The van der Waals surface area contributed by atoms with Crippen molar-refractivity contribution in [2.75, 3.05) is 0 Å². The van der Waals surface area contributed by atoms with Crippen LogP contribution in [0.5, 0.6) is 0 Å². The number of hydrogen-bond donors (Lipinski definition) is 1. The molecule has 4 bridgehead atoms. The molecule has 2 nitrogen and oxygen atoms in total. The van der Waals surface area contributed by atoms with E-state index in [9.17, 15) is 4.79 Å². The zero-order valence-electron chi connectivity index (χ0n) is 15.7. The van der Waals surface area contributed by atoms with E-state index in [2.05, 4.69) is 24.3 Å². The number of amides is 1. The van der Waals surface area contributed by atoms with Gasteiger partial charge in [0.2, 0.25) is 5.91 Å². The number of nitrogens with two attached hydrogens (primary N) is 1. The second-order valence-corrected chi connectivity index (χ2v) is 8.48. The lowest BCUT2D eigenvalue weighted by atomic mass is 9.90. The average Bonchev–Trinajstić information content (AvgIpc) is 3.02. The molecule has 2 N–H and O–H groups in total. The van der Waals surface area contributed by atoms with Crippen molar-refractivity contribution >= 4 is 5.91 Å². The highest BCUT2D eigenvalue weighted by Crippen LogP contribution is 2.41. The van der Waals surface area contributed by atoms with Gasteiger partial charge in [-0.15, -0.1) is 0 Å². The van der Waals surface area contributed by atoms with Crippen LogP contribution in [0.25, 0.3) is 0 Å². The molecule has 2 aliphatic rings. The summed E-state index contributed by atoms with van der Waals surface area (Å²) in [4.78, 5) is 11.9. The molecule has 2 aliphatic carbocycles. The molecule has 138 valence electrons. The number of benzene rings is 1. The van der Waals surface area contributed by atoms with Gasteiger partial charge in [-0.1, -0.05) is 62.8 Å². The Kier molecular flexibility index (Phi) is 6.95. The Morgan fingerprint density at radius 1 is 0.840 bits per heavy atom. The lowest BCUT2D eigenvalue weighted by molar-refractivity contribution is -0.122. The van der Waals surface area contributed by atoms with Gasteiger partial charge in [0.25, 0.3) is 0 Å². The van der Waals surface area contributed by atoms with E-state index in [-0.39, 0.29) is 11.8 Å². The quantitative estimate of drug-likeness (QED) is 0.728. The normalized spacial score (nSPS) is 29.0. The van der Waals surface area contributed by atoms with Crippen LogP contribution in [0, 0.1) is 17.8 Å². The zero-order valence-corrected chi connectivity index (χ0v) is 15.7. The molecular formula is C23H35NO. The number of carbonyl (C=O) groups excluding carboxylic acids is 1. The average molecular weight is 342 g/mol. The molecule has 25 heavy (non-hydrogen) atoms. The van der Waals surface area contributed by atoms with Crippen molar-refractivity contribution in [1.29, 1.82) is 0 Å². The predicted molar refractivity (Wildman–Crippen MR) is 104 cm³/mol. The second-order valence-electron chi connectivity index (χ2n) is 8.48. The van der Waals surface area contributed by atoms with E-state index in [0.29, 0.717) is 11.8 Å². The van der Waals surface area contributed by atoms with Gasteiger partial charge in [-0.2, -0.15) is 0 Å². The highest BCUT2D eigenvalue weighted by atomic mass is 16.1. The molecule has 1 fully saturated rings. The van der Waals surface area contributed by atoms with Gasteiger partial charge in [-0.05, 0) is 67.9 Å². The van der Waals surface area contributed by atoms with Crippen molar-refractivity contribution in [3.63, 3.8) is 0 Å². The van der Waals surface area contributed by atoms with Crippen molar-refractivity contribution in [1.82, 2.24) is 0 Å². The molecule has 0 radical (unpaired) electrons. The van der Waals surface area contributed by atoms with Gasteiger partial charge >= 0.3 is 0 Å². The summed E-state index contributed by atoms with van der Waals surface area (Å²) in [5.74, 6) is 1.31. The number of carbonyl (C=O) groups is 1. The van der Waals surface area contributed by atoms with E-state index in [1.54, 1.807) is 0 Å². The Morgan fingerprint density at radius 3 is 2.28 bits per heavy atom. The van der Waals surface area contributed by atoms with E-state index in [0.717, 1.165) is 12.8 Å². The van der Waals surface area contributed by atoms with E-state index in [1.807, 2.05) is 0 Å². The number of aryl methyl sites for hydroxylation is 2. The van der Waals surface area contributed by atoms with E-state index >= 15 is 0 Å². The van der Waals surface area contributed by atoms with Crippen molar-refractivity contribution < 1.29 is 4.79 Å². The van der Waals surface area contributed by atoms with Crippen molar-refractivity contribution in [3.05, 3.63) is 35.4 Å². The van der Waals surface area contributed by atoms with Gasteiger partial charge in [0.1, 0.15) is 0 Å². The lowest BCUT2D eigenvalue weighted by Gasteiger charge is -2.16. The fourth-order valence-electron chi connectivity index (χ4n) is 5.07. The van der Waals surface area contributed by atoms with Crippen molar-refractivity contribution in [2.24, 2.45) is 23.5 Å². The number of fused-ring (bicyclic) bond motifs is 4. The molecule has 1 aromatic rings. The Morgan fingerprint density at radius 2 is 1.52 bits per heavy atom. The molecule has 3 rings (SSSR count). The van der Waals surface area contributed by atoms with Crippen LogP contribution >= 0.6 is 0 Å². The maximum atomic E-state index is 11.9. The van der Waals surface area contributed by atoms with Crippen molar-refractivity contribution in [2.45, 2.75) is 83.5 Å². The first-order valence-electron chi connectivity index (χ1n) is 10.6. The largest absolute Gasteiger partial charge is 0.369 e. The molecule has 1 amide bonds. The van der Waals surface area contributed by atoms with Crippen LogP contribution in [-0.4, -0.2) is 5.91 Å². The first kappa shape index (κ1) is 18.5. The standard InChI is InChI=1S/C23H35NO/c24-23(25)22-17-20-14-13-19-11-8-10-18(15-19)9-6-4-2-1-3-5-7-12-21(22)16-20/h8,10-11,15,20-22H,1-7,9,12-14,16-17H2,(H2,24,25). The van der Waals surface area contributed by atoms with E-state index < -0.39 is 0 Å². The fraction of sp³-hybridized carbons (Fsp3) is 0.696. The highest BCUT2D eigenvalue weighted by Gasteiger charge is 2.36. The topological polar surface area (TPSA) is 43.1 Å². The van der Waals surface area contributed by atoms with Gasteiger partial charge < -0.3 is 5.73 Å². The summed E-state index contributed by atoms with van der Waals surface area (Å²) < 4.78 is 0. The Hall–Kier alpha value is -1.31. The Bertz CT molecular complexity index is 553. The maximum Gasteiger partial charge on any atom is 0.220 e. The lowest BCUT2D eigenvalue weighted by Crippen LogP contribution is -2.26. The van der Waals surface area contributed by atoms with Crippen LogP contribution < -0.4 is 5.73 Å². The number of rotatable bonds is 1. The summed E-state index contributed by atoms with van der Waals surface area (Å²) in [6.45, 7) is 0. The molecule has 0 saturated heterocycles. The van der Waals surface area contributed by atoms with Gasteiger partial charge in [-0.3, -0.25) is 4.79 Å². The summed E-state index contributed by atoms with van der Waals surface area (Å²) in [5.41, 5.74) is 8.69. The second kappa shape index (κ2) is 9.40. The maximum absolute atomic E-state index is 11.9. The minimum atomic E-state index is -0.0519. The fourth-order valence-corrected chi connectivity index (χ4v) is 5.07. The molecule has 0 heterocycles. The SMILES string of the molecule is NC(=O)C1CC2CCc3cccc(c3)CCCCCCCCCC1C2. The number of primary amides is 1. The third-order valence-corrected chi connectivity index (χ3v) is 6.53. The summed E-state index contributed by atoms with van der Waals surface area (Å²) >= 11 is 0. The third-order valence-electron chi connectivity index (χ3n) is 6.53. The van der Waals surface area contributed by atoms with Gasteiger partial charge in [0.05, 0.1) is 0 Å². The molecule has 2 heteroatoms. The van der Waals surface area contributed by atoms with Crippen molar-refractivity contribution in [3.8, 4) is 0 Å². The summed E-state index contributed by atoms with van der Waals surface area (Å²) in [6, 6.07) is 9.20. The summed E-state index contributed by atoms with van der Waals surface area (Å²) in [6.07, 6.45) is 16.4. The monoisotopic (exact) mass is 341 g/mol. The minimum Gasteiger partial charge on any atom is -0.369 e. The predicted octanol–water partition coefficient (Wildman–Crippen LogP) is 5.42. The Balaban J connectivity index is 1.65. The summed E-state index contributed by atoms with van der Waals surface area (Å²) in [5, 5.41) is 0. The van der Waals surface area contributed by atoms with E-state index in [4.69, 9.17) is 5.73 Å². The first-order valence-corrected chi connectivity index (χ1v) is 10.6. The smallest absolute Gasteiger partial charge is 0.220 e. The molecule has 0 aromatic heterocycles. The van der Waals surface area contributed by atoms with Crippen LogP contribution in [0.4, 0.5) is 0 Å². The number of hydrogen-bond acceptors (Lipinski definition) is 1.